The molecule has 1 amide bonds. The number of hydrogen-bond donors (Lipinski definition) is 3. The number of aliphatic hydroxyl groups excluding tert-OH is 1. The number of nitrogens with zero attached hydrogens (tertiary/aromatic N) is 2. The molecule has 0 bridgehead atoms. The number of β-amino-alcohol motifs (C(OH)–C–C–N with tert-alkyl or cyclic N) is 1. The molecule has 0 aromatic carbocycles. The molecule has 106 valence electrons. The highest BCUT2D eigenvalue weighted by Gasteiger charge is 2.35. The van der Waals surface area contributed by atoms with E-state index in [2.05, 4.69) is 10.2 Å². The Bertz CT molecular complexity index is 446. The third-order valence-corrected chi connectivity index (χ3v) is 3.59. The van der Waals surface area contributed by atoms with E-state index in [1.807, 2.05) is 6.92 Å². The van der Waals surface area contributed by atoms with E-state index in [9.17, 15) is 15.0 Å². The van der Waals surface area contributed by atoms with Gasteiger partial charge in [-0.2, -0.15) is 5.10 Å². The van der Waals surface area contributed by atoms with Gasteiger partial charge in [-0.05, 0) is 19.3 Å². The Balaban J connectivity index is 2.12. The Morgan fingerprint density at radius 1 is 1.63 bits per heavy atom. The fourth-order valence-electron chi connectivity index (χ4n) is 2.52. The van der Waals surface area contributed by atoms with Crippen molar-refractivity contribution in [2.45, 2.75) is 38.2 Å². The highest BCUT2D eigenvalue weighted by atomic mass is 16.3. The van der Waals surface area contributed by atoms with Crippen LogP contribution in [0.25, 0.3) is 0 Å². The van der Waals surface area contributed by atoms with E-state index in [1.54, 1.807) is 11.1 Å². The molecular weight excluding hydrogens is 246 g/mol. The highest BCUT2D eigenvalue weighted by Crippen LogP contribution is 2.22. The second-order valence-electron chi connectivity index (χ2n) is 5.22. The van der Waals surface area contributed by atoms with Crippen LogP contribution in [0.3, 0.4) is 0 Å². The van der Waals surface area contributed by atoms with E-state index < -0.39 is 5.60 Å². The van der Waals surface area contributed by atoms with Crippen LogP contribution in [-0.4, -0.2) is 56.5 Å². The number of aryl methyl sites for hydroxylation is 1. The lowest BCUT2D eigenvalue weighted by Crippen LogP contribution is -2.52. The number of aromatic amines is 1. The number of aliphatic hydroxyl groups is 2. The fraction of sp³-hybridized carbons (Fsp3) is 0.692. The van der Waals surface area contributed by atoms with E-state index in [1.165, 1.54) is 0 Å². The summed E-state index contributed by atoms with van der Waals surface area (Å²) in [6.45, 7) is 2.52. The summed E-state index contributed by atoms with van der Waals surface area (Å²) >= 11 is 0. The third-order valence-electron chi connectivity index (χ3n) is 3.59. The molecule has 1 aromatic heterocycles. The lowest BCUT2D eigenvalue weighted by atomic mass is 9.93. The van der Waals surface area contributed by atoms with Crippen molar-refractivity contribution in [3.63, 3.8) is 0 Å². The standard InChI is InChI=1S/C13H21N3O3/c1-2-4-11-10(7-14-15-11)12(18)16-6-3-5-13(19,8-16)9-17/h7,17,19H,2-6,8-9H2,1H3,(H,14,15)/t13-/m0/s1. The topological polar surface area (TPSA) is 89.5 Å². The molecule has 2 heterocycles. The molecule has 6 heteroatoms. The van der Waals surface area contributed by atoms with Gasteiger partial charge in [0.05, 0.1) is 24.9 Å². The van der Waals surface area contributed by atoms with Gasteiger partial charge in [-0.25, -0.2) is 0 Å². The summed E-state index contributed by atoms with van der Waals surface area (Å²) in [5, 5.41) is 26.1. The zero-order chi connectivity index (χ0) is 13.9. The summed E-state index contributed by atoms with van der Waals surface area (Å²) in [5.74, 6) is -0.122. The maximum absolute atomic E-state index is 12.4. The highest BCUT2D eigenvalue weighted by molar-refractivity contribution is 5.95. The number of nitrogens with one attached hydrogen (secondary N) is 1. The lowest BCUT2D eigenvalue weighted by molar-refractivity contribution is -0.0598. The van der Waals surface area contributed by atoms with Gasteiger partial charge >= 0.3 is 0 Å². The van der Waals surface area contributed by atoms with Crippen LogP contribution in [0.4, 0.5) is 0 Å². The Morgan fingerprint density at radius 2 is 2.42 bits per heavy atom. The van der Waals surface area contributed by atoms with Gasteiger partial charge in [0.25, 0.3) is 5.91 Å². The fourth-order valence-corrected chi connectivity index (χ4v) is 2.52. The maximum Gasteiger partial charge on any atom is 0.257 e. The van der Waals surface area contributed by atoms with E-state index in [0.29, 0.717) is 24.9 Å². The molecule has 1 fully saturated rings. The van der Waals surface area contributed by atoms with Gasteiger partial charge in [0.1, 0.15) is 5.60 Å². The first-order chi connectivity index (χ1) is 9.09. The van der Waals surface area contributed by atoms with Gasteiger partial charge in [0.2, 0.25) is 0 Å². The predicted molar refractivity (Wildman–Crippen MR) is 69.8 cm³/mol. The zero-order valence-corrected chi connectivity index (χ0v) is 11.2. The molecule has 0 aliphatic carbocycles. The summed E-state index contributed by atoms with van der Waals surface area (Å²) in [4.78, 5) is 14.0. The predicted octanol–water partition coefficient (Wildman–Crippen LogP) is 0.322. The lowest BCUT2D eigenvalue weighted by Gasteiger charge is -2.38. The van der Waals surface area contributed by atoms with Crippen molar-refractivity contribution in [1.82, 2.24) is 15.1 Å². The molecule has 1 saturated heterocycles. The number of H-pyrrole nitrogens is 1. The van der Waals surface area contributed by atoms with E-state index in [0.717, 1.165) is 18.5 Å². The van der Waals surface area contributed by atoms with Crippen LogP contribution in [0.2, 0.25) is 0 Å². The first kappa shape index (κ1) is 14.0. The van der Waals surface area contributed by atoms with Crippen molar-refractivity contribution >= 4 is 5.91 Å². The zero-order valence-electron chi connectivity index (χ0n) is 11.2. The molecule has 3 N–H and O–H groups in total. The van der Waals surface area contributed by atoms with Crippen LogP contribution >= 0.6 is 0 Å². The Kier molecular flexibility index (Phi) is 4.21. The Hall–Kier alpha value is -1.40. The molecule has 0 unspecified atom stereocenters. The minimum atomic E-state index is -1.16. The van der Waals surface area contributed by atoms with Crippen LogP contribution in [0.5, 0.6) is 0 Å². The molecule has 0 spiro atoms. The van der Waals surface area contributed by atoms with Crippen LogP contribution < -0.4 is 0 Å². The average Bonchev–Trinajstić information content (AvgIpc) is 2.87. The van der Waals surface area contributed by atoms with E-state index in [-0.39, 0.29) is 19.1 Å². The summed E-state index contributed by atoms with van der Waals surface area (Å²) in [6, 6.07) is 0. The van der Waals surface area contributed by atoms with Gasteiger partial charge in [-0.1, -0.05) is 13.3 Å². The molecule has 1 aliphatic rings. The van der Waals surface area contributed by atoms with Crippen LogP contribution in [0.15, 0.2) is 6.20 Å². The van der Waals surface area contributed by atoms with Gasteiger partial charge in [0.15, 0.2) is 0 Å². The van der Waals surface area contributed by atoms with Crippen LogP contribution in [0, 0.1) is 0 Å². The second-order valence-corrected chi connectivity index (χ2v) is 5.22. The second kappa shape index (κ2) is 5.71. The number of amides is 1. The number of carbonyl (C=O) groups excluding carboxylic acids is 1. The first-order valence-electron chi connectivity index (χ1n) is 6.74. The molecule has 1 atom stereocenters. The largest absolute Gasteiger partial charge is 0.393 e. The van der Waals surface area contributed by atoms with Gasteiger partial charge in [-0.3, -0.25) is 9.89 Å². The molecule has 2 rings (SSSR count). The first-order valence-corrected chi connectivity index (χ1v) is 6.74. The molecule has 1 aromatic rings. The maximum atomic E-state index is 12.4. The van der Waals surface area contributed by atoms with Crippen LogP contribution in [-0.2, 0) is 6.42 Å². The number of rotatable bonds is 4. The molecule has 1 aliphatic heterocycles. The van der Waals surface area contributed by atoms with Crippen molar-refractivity contribution in [2.24, 2.45) is 0 Å². The van der Waals surface area contributed by atoms with Crippen LogP contribution in [0.1, 0.15) is 42.2 Å². The summed E-state index contributed by atoms with van der Waals surface area (Å²) in [7, 11) is 0. The minimum absolute atomic E-state index is 0.122. The molecule has 0 saturated carbocycles. The monoisotopic (exact) mass is 267 g/mol. The molecular formula is C13H21N3O3. The van der Waals surface area contributed by atoms with Gasteiger partial charge in [0, 0.05) is 12.2 Å². The molecule has 0 radical (unpaired) electrons. The number of hydrogen-bond acceptors (Lipinski definition) is 4. The molecule has 19 heavy (non-hydrogen) atoms. The summed E-state index contributed by atoms with van der Waals surface area (Å²) in [5.41, 5.74) is 0.248. The number of aromatic nitrogens is 2. The molecule has 6 nitrogen and oxygen atoms in total. The van der Waals surface area contributed by atoms with Crippen molar-refractivity contribution in [2.75, 3.05) is 19.7 Å². The smallest absolute Gasteiger partial charge is 0.257 e. The SMILES string of the molecule is CCCc1[nH]ncc1C(=O)N1CCC[C@@](O)(CO)C1. The van der Waals surface area contributed by atoms with Crippen molar-refractivity contribution < 1.29 is 15.0 Å². The Labute approximate surface area is 112 Å². The van der Waals surface area contributed by atoms with Gasteiger partial charge in [-0.15, -0.1) is 0 Å². The number of carbonyl (C=O) groups is 1. The van der Waals surface area contributed by atoms with E-state index in [4.69, 9.17) is 0 Å². The van der Waals surface area contributed by atoms with E-state index >= 15 is 0 Å². The number of piperidine rings is 1. The van der Waals surface area contributed by atoms with Crippen molar-refractivity contribution in [1.29, 1.82) is 0 Å². The Morgan fingerprint density at radius 3 is 3.11 bits per heavy atom. The summed E-state index contributed by atoms with van der Waals surface area (Å²) < 4.78 is 0. The van der Waals surface area contributed by atoms with Crippen molar-refractivity contribution in [3.8, 4) is 0 Å². The normalized spacial score (nSPS) is 23.6. The quantitative estimate of drug-likeness (QED) is 0.733. The van der Waals surface area contributed by atoms with Gasteiger partial charge < -0.3 is 15.1 Å². The third kappa shape index (κ3) is 2.96. The summed E-state index contributed by atoms with van der Waals surface area (Å²) in [6.07, 6.45) is 4.48. The average molecular weight is 267 g/mol. The minimum Gasteiger partial charge on any atom is -0.393 e. The number of likely N-dealkylation sites (tertiary alicyclic amines) is 1. The van der Waals surface area contributed by atoms with Crippen molar-refractivity contribution in [3.05, 3.63) is 17.5 Å².